The molecule has 1 aromatic heterocycles. The highest BCUT2D eigenvalue weighted by Crippen LogP contribution is 2.30. The summed E-state index contributed by atoms with van der Waals surface area (Å²) in [6.07, 6.45) is 2.62. The Morgan fingerprint density at radius 3 is 3.06 bits per heavy atom. The van der Waals surface area contributed by atoms with Crippen molar-refractivity contribution in [3.8, 4) is 0 Å². The summed E-state index contributed by atoms with van der Waals surface area (Å²) >= 11 is 1.60. The maximum atomic E-state index is 11.3. The van der Waals surface area contributed by atoms with Gasteiger partial charge in [-0.25, -0.2) is 4.98 Å². The van der Waals surface area contributed by atoms with E-state index in [4.69, 9.17) is 0 Å². The Balaban J connectivity index is 1.80. The highest BCUT2D eigenvalue weighted by molar-refractivity contribution is 7.13. The number of carbonyl (C=O) groups is 1. The van der Waals surface area contributed by atoms with Gasteiger partial charge in [0.2, 0.25) is 0 Å². The molecule has 0 N–H and O–H groups in total. The fraction of sp³-hybridized carbons (Fsp3) is 0.692. The number of rotatable bonds is 2. The normalized spacial score (nSPS) is 28.4. The van der Waals surface area contributed by atoms with Gasteiger partial charge in [-0.1, -0.05) is 0 Å². The second-order valence-corrected chi connectivity index (χ2v) is 6.20. The molecule has 0 aromatic carbocycles. The van der Waals surface area contributed by atoms with Gasteiger partial charge in [0.15, 0.2) is 10.9 Å². The fourth-order valence-corrected chi connectivity index (χ4v) is 3.99. The maximum Gasteiger partial charge on any atom is 0.186 e. The van der Waals surface area contributed by atoms with Crippen LogP contribution < -0.4 is 4.90 Å². The summed E-state index contributed by atoms with van der Waals surface area (Å²) in [6.45, 7) is 7.27. The van der Waals surface area contributed by atoms with Crippen LogP contribution in [0.15, 0.2) is 5.38 Å². The number of Topliss-reactive ketones (excluding diaryl/α,β-unsaturated/α-hetero) is 1. The molecule has 2 fully saturated rings. The maximum absolute atomic E-state index is 11.3. The van der Waals surface area contributed by atoms with E-state index in [0.29, 0.717) is 17.8 Å². The minimum absolute atomic E-state index is 0.0599. The number of ketones is 1. The van der Waals surface area contributed by atoms with Crippen LogP contribution in [0.25, 0.3) is 0 Å². The molecular formula is C13H19N3OS. The molecule has 0 aliphatic carbocycles. The number of thiazole rings is 1. The number of aromatic nitrogens is 1. The minimum atomic E-state index is 0.0599. The van der Waals surface area contributed by atoms with Crippen molar-refractivity contribution in [3.05, 3.63) is 11.1 Å². The molecule has 1 aromatic rings. The van der Waals surface area contributed by atoms with Gasteiger partial charge in [0.05, 0.1) is 0 Å². The van der Waals surface area contributed by atoms with E-state index in [1.807, 2.05) is 5.38 Å². The largest absolute Gasteiger partial charge is 0.343 e. The summed E-state index contributed by atoms with van der Waals surface area (Å²) in [6, 6.07) is 1.18. The van der Waals surface area contributed by atoms with Gasteiger partial charge in [0.25, 0.3) is 0 Å². The quantitative estimate of drug-likeness (QED) is 0.767. The number of nitrogens with zero attached hydrogens (tertiary/aromatic N) is 3. The number of anilines is 1. The van der Waals surface area contributed by atoms with Crippen molar-refractivity contribution in [1.29, 1.82) is 0 Å². The lowest BCUT2D eigenvalue weighted by molar-refractivity contribution is 0.101. The molecule has 0 radical (unpaired) electrons. The smallest absolute Gasteiger partial charge is 0.186 e. The summed E-state index contributed by atoms with van der Waals surface area (Å²) < 4.78 is 0. The Morgan fingerprint density at radius 2 is 2.33 bits per heavy atom. The van der Waals surface area contributed by atoms with Crippen LogP contribution in [0.4, 0.5) is 5.13 Å². The molecule has 0 saturated carbocycles. The monoisotopic (exact) mass is 265 g/mol. The SMILES string of the molecule is CC(=O)c1csc(N2CC3CCCN3CC2C)n1. The van der Waals surface area contributed by atoms with Crippen molar-refractivity contribution in [2.75, 3.05) is 24.5 Å². The van der Waals surface area contributed by atoms with Gasteiger partial charge in [-0.05, 0) is 26.3 Å². The molecule has 3 heterocycles. The Morgan fingerprint density at radius 1 is 1.50 bits per heavy atom. The molecule has 0 amide bonds. The minimum Gasteiger partial charge on any atom is -0.343 e. The van der Waals surface area contributed by atoms with E-state index in [9.17, 15) is 4.79 Å². The fourth-order valence-electron chi connectivity index (χ4n) is 3.01. The van der Waals surface area contributed by atoms with Gasteiger partial charge >= 0.3 is 0 Å². The Labute approximate surface area is 112 Å². The molecule has 18 heavy (non-hydrogen) atoms. The molecule has 2 atom stereocenters. The standard InChI is InChI=1S/C13H19N3OS/c1-9-6-15-5-3-4-11(15)7-16(9)13-14-12(8-18-13)10(2)17/h8-9,11H,3-7H2,1-2H3. The van der Waals surface area contributed by atoms with Gasteiger partial charge < -0.3 is 4.90 Å². The van der Waals surface area contributed by atoms with Crippen LogP contribution in [0.5, 0.6) is 0 Å². The Hall–Kier alpha value is -0.940. The highest BCUT2D eigenvalue weighted by Gasteiger charge is 2.35. The zero-order valence-electron chi connectivity index (χ0n) is 10.9. The van der Waals surface area contributed by atoms with E-state index in [0.717, 1.165) is 18.2 Å². The van der Waals surface area contributed by atoms with Crippen molar-refractivity contribution in [3.63, 3.8) is 0 Å². The molecule has 2 aliphatic heterocycles. The van der Waals surface area contributed by atoms with Crippen LogP contribution in [-0.2, 0) is 0 Å². The Bertz CT molecular complexity index is 459. The molecule has 2 unspecified atom stereocenters. The van der Waals surface area contributed by atoms with E-state index >= 15 is 0 Å². The first kappa shape index (κ1) is 12.1. The van der Waals surface area contributed by atoms with Crippen molar-refractivity contribution in [2.45, 2.75) is 38.8 Å². The van der Waals surface area contributed by atoms with Crippen molar-refractivity contribution in [2.24, 2.45) is 0 Å². The van der Waals surface area contributed by atoms with Gasteiger partial charge in [-0.15, -0.1) is 11.3 Å². The summed E-state index contributed by atoms with van der Waals surface area (Å²) in [4.78, 5) is 20.8. The van der Waals surface area contributed by atoms with Gasteiger partial charge in [0, 0.05) is 37.5 Å². The van der Waals surface area contributed by atoms with Crippen molar-refractivity contribution < 1.29 is 4.79 Å². The molecule has 2 aliphatic rings. The van der Waals surface area contributed by atoms with Crippen LogP contribution in [0.1, 0.15) is 37.2 Å². The van der Waals surface area contributed by atoms with Crippen LogP contribution in [0.3, 0.4) is 0 Å². The number of piperazine rings is 1. The number of hydrogen-bond donors (Lipinski definition) is 0. The summed E-state index contributed by atoms with van der Waals surface area (Å²) in [5.74, 6) is 0.0599. The van der Waals surface area contributed by atoms with Gasteiger partial charge in [0.1, 0.15) is 5.69 Å². The second kappa shape index (κ2) is 4.63. The lowest BCUT2D eigenvalue weighted by Crippen LogP contribution is -2.55. The third-order valence-corrected chi connectivity index (χ3v) is 4.91. The predicted molar refractivity (Wildman–Crippen MR) is 73.5 cm³/mol. The third-order valence-electron chi connectivity index (χ3n) is 4.04. The van der Waals surface area contributed by atoms with Gasteiger partial charge in [-0.2, -0.15) is 0 Å². The molecule has 98 valence electrons. The molecule has 3 rings (SSSR count). The number of carbonyl (C=O) groups excluding carboxylic acids is 1. The van der Waals surface area contributed by atoms with Gasteiger partial charge in [-0.3, -0.25) is 9.69 Å². The molecule has 2 saturated heterocycles. The topological polar surface area (TPSA) is 36.4 Å². The highest BCUT2D eigenvalue weighted by atomic mass is 32.1. The average Bonchev–Trinajstić information content (AvgIpc) is 2.94. The molecule has 0 bridgehead atoms. The van der Waals surface area contributed by atoms with E-state index in [1.165, 1.54) is 19.4 Å². The summed E-state index contributed by atoms with van der Waals surface area (Å²) in [5.41, 5.74) is 0.607. The van der Waals surface area contributed by atoms with Crippen LogP contribution >= 0.6 is 11.3 Å². The van der Waals surface area contributed by atoms with E-state index in [2.05, 4.69) is 21.7 Å². The average molecular weight is 265 g/mol. The van der Waals surface area contributed by atoms with E-state index in [-0.39, 0.29) is 5.78 Å². The van der Waals surface area contributed by atoms with Crippen molar-refractivity contribution >= 4 is 22.3 Å². The third kappa shape index (κ3) is 2.06. The molecule has 4 nitrogen and oxygen atoms in total. The van der Waals surface area contributed by atoms with Crippen molar-refractivity contribution in [1.82, 2.24) is 9.88 Å². The van der Waals surface area contributed by atoms with E-state index < -0.39 is 0 Å². The molecule has 5 heteroatoms. The van der Waals surface area contributed by atoms with Crippen LogP contribution in [-0.4, -0.2) is 47.4 Å². The zero-order chi connectivity index (χ0) is 12.7. The lowest BCUT2D eigenvalue weighted by Gasteiger charge is -2.42. The second-order valence-electron chi connectivity index (χ2n) is 5.36. The number of hydrogen-bond acceptors (Lipinski definition) is 5. The molecular weight excluding hydrogens is 246 g/mol. The zero-order valence-corrected chi connectivity index (χ0v) is 11.7. The van der Waals surface area contributed by atoms with Crippen LogP contribution in [0, 0.1) is 0 Å². The Kier molecular flexibility index (Phi) is 3.11. The lowest BCUT2D eigenvalue weighted by atomic mass is 10.1. The first-order valence-electron chi connectivity index (χ1n) is 6.62. The summed E-state index contributed by atoms with van der Waals surface area (Å²) in [5, 5.41) is 2.89. The first-order chi connectivity index (χ1) is 8.65. The molecule has 0 spiro atoms. The first-order valence-corrected chi connectivity index (χ1v) is 7.50. The predicted octanol–water partition coefficient (Wildman–Crippen LogP) is 2.02. The summed E-state index contributed by atoms with van der Waals surface area (Å²) in [7, 11) is 0. The number of fused-ring (bicyclic) bond motifs is 1. The van der Waals surface area contributed by atoms with Crippen LogP contribution in [0.2, 0.25) is 0 Å². The van der Waals surface area contributed by atoms with E-state index in [1.54, 1.807) is 18.3 Å².